The quantitative estimate of drug-likeness (QED) is 0.170. The Morgan fingerprint density at radius 2 is 1.32 bits per heavy atom. The van der Waals surface area contributed by atoms with E-state index in [0.29, 0.717) is 10.8 Å². The van der Waals surface area contributed by atoms with Crippen molar-refractivity contribution in [1.29, 1.82) is 0 Å². The van der Waals surface area contributed by atoms with E-state index in [9.17, 15) is 0 Å². The molecule has 0 aromatic rings. The third-order valence-corrected chi connectivity index (χ3v) is 9.78. The molecule has 222 valence electrons. The maximum Gasteiger partial charge on any atom is -0.0142 e. The third-order valence-electron chi connectivity index (χ3n) is 9.78. The van der Waals surface area contributed by atoms with E-state index < -0.39 is 0 Å². The van der Waals surface area contributed by atoms with Crippen molar-refractivity contribution in [2.45, 2.75) is 133 Å². The molecule has 0 unspecified atom stereocenters. The van der Waals surface area contributed by atoms with Crippen LogP contribution in [-0.2, 0) is 0 Å². The molecule has 0 bridgehead atoms. The van der Waals surface area contributed by atoms with Crippen LogP contribution in [0.25, 0.3) is 0 Å². The molecule has 2 aliphatic rings. The topological polar surface area (TPSA) is 0 Å². The van der Waals surface area contributed by atoms with Crippen molar-refractivity contribution in [2.75, 3.05) is 0 Å². The number of hydrogen-bond acceptors (Lipinski definition) is 0. The van der Waals surface area contributed by atoms with Crippen molar-refractivity contribution >= 4 is 0 Å². The van der Waals surface area contributed by atoms with Crippen molar-refractivity contribution in [2.24, 2.45) is 22.7 Å². The van der Waals surface area contributed by atoms with Crippen LogP contribution in [0.4, 0.5) is 0 Å². The average molecular weight is 543 g/mol. The average Bonchev–Trinajstić information content (AvgIpc) is 2.85. The SMILES string of the molecule is CC1=C(CC/C(C)=C/C=C/C(C)=C/C=C/C=C(C)/C=C/C=C(\C)CC[C@H]2[C@H](C)CCCC2(C)C)C(C)(C)CCC1. The summed E-state index contributed by atoms with van der Waals surface area (Å²) in [4.78, 5) is 0. The van der Waals surface area contributed by atoms with E-state index in [1.54, 1.807) is 11.1 Å². The van der Waals surface area contributed by atoms with E-state index in [1.807, 2.05) is 0 Å². The van der Waals surface area contributed by atoms with Crippen LogP contribution in [0.1, 0.15) is 133 Å². The van der Waals surface area contributed by atoms with Crippen molar-refractivity contribution in [3.8, 4) is 0 Å². The first kappa shape index (κ1) is 34.1. The van der Waals surface area contributed by atoms with Gasteiger partial charge in [0.1, 0.15) is 0 Å². The predicted octanol–water partition coefficient (Wildman–Crippen LogP) is 13.0. The van der Waals surface area contributed by atoms with Crippen molar-refractivity contribution in [3.63, 3.8) is 0 Å². The van der Waals surface area contributed by atoms with E-state index in [2.05, 4.69) is 130 Å². The van der Waals surface area contributed by atoms with Gasteiger partial charge in [0.15, 0.2) is 0 Å². The zero-order valence-electron chi connectivity index (χ0n) is 28.0. The molecule has 0 heteroatoms. The van der Waals surface area contributed by atoms with Crippen molar-refractivity contribution < 1.29 is 0 Å². The molecule has 0 aromatic heterocycles. The van der Waals surface area contributed by atoms with Crippen LogP contribution >= 0.6 is 0 Å². The van der Waals surface area contributed by atoms with Crippen LogP contribution in [0.3, 0.4) is 0 Å². The van der Waals surface area contributed by atoms with Crippen LogP contribution in [0.2, 0.25) is 0 Å². The van der Waals surface area contributed by atoms with Gasteiger partial charge in [-0.05, 0) is 109 Å². The summed E-state index contributed by atoms with van der Waals surface area (Å²) in [6.45, 7) is 23.5. The first-order chi connectivity index (χ1) is 18.8. The normalized spacial score (nSPS) is 25.1. The molecule has 2 rings (SSSR count). The smallest absolute Gasteiger partial charge is 0.0142 e. The van der Waals surface area contributed by atoms with Gasteiger partial charge in [-0.1, -0.05) is 142 Å². The second-order valence-electron chi connectivity index (χ2n) is 14.5. The highest BCUT2D eigenvalue weighted by molar-refractivity contribution is 5.30. The Kier molecular flexibility index (Phi) is 14.0. The lowest BCUT2D eigenvalue weighted by Gasteiger charge is -2.43. The molecule has 1 fully saturated rings. The van der Waals surface area contributed by atoms with Gasteiger partial charge in [0, 0.05) is 0 Å². The Morgan fingerprint density at radius 1 is 0.750 bits per heavy atom. The highest BCUT2D eigenvalue weighted by Gasteiger charge is 2.36. The molecule has 0 N–H and O–H groups in total. The minimum Gasteiger partial charge on any atom is -0.0736 e. The van der Waals surface area contributed by atoms with Crippen molar-refractivity contribution in [1.82, 2.24) is 0 Å². The van der Waals surface area contributed by atoms with Crippen LogP contribution in [0, 0.1) is 22.7 Å². The van der Waals surface area contributed by atoms with Gasteiger partial charge in [0.25, 0.3) is 0 Å². The van der Waals surface area contributed by atoms with E-state index >= 15 is 0 Å². The lowest BCUT2D eigenvalue weighted by atomic mass is 9.62. The Bertz CT molecular complexity index is 1050. The van der Waals surface area contributed by atoms with E-state index in [-0.39, 0.29) is 0 Å². The van der Waals surface area contributed by atoms with Crippen LogP contribution in [0.5, 0.6) is 0 Å². The zero-order chi connectivity index (χ0) is 29.8. The predicted molar refractivity (Wildman–Crippen MR) is 182 cm³/mol. The summed E-state index contributed by atoms with van der Waals surface area (Å²) in [5, 5.41) is 0. The van der Waals surface area contributed by atoms with Gasteiger partial charge >= 0.3 is 0 Å². The van der Waals surface area contributed by atoms with Gasteiger partial charge in [-0.3, -0.25) is 0 Å². The molecule has 2 atom stereocenters. The molecule has 1 saturated carbocycles. The molecule has 0 saturated heterocycles. The summed E-state index contributed by atoms with van der Waals surface area (Å²) >= 11 is 0. The summed E-state index contributed by atoms with van der Waals surface area (Å²) in [7, 11) is 0. The van der Waals surface area contributed by atoms with Crippen LogP contribution in [-0.4, -0.2) is 0 Å². The summed E-state index contributed by atoms with van der Waals surface area (Å²) in [6, 6.07) is 0. The second-order valence-corrected chi connectivity index (χ2v) is 14.5. The Balaban J connectivity index is 1.78. The fourth-order valence-electron chi connectivity index (χ4n) is 7.06. The third kappa shape index (κ3) is 11.8. The standard InChI is InChI=1S/C40H62/c1-31(19-13-21-33(3)25-27-37-35(5)23-15-29-39(37,7)8)17-11-12-18-32(2)20-14-22-34(4)26-28-38-36(6)24-16-30-40(38,9)10/h11-14,17-22,35,37H,15-16,23-30H2,1-10H3/b12-11+,19-13+,20-14+,31-17+,32-18+,33-21+,34-22+/t35-,37+/m1/s1. The monoisotopic (exact) mass is 542 g/mol. The lowest BCUT2D eigenvalue weighted by Crippen LogP contribution is -2.33. The fourth-order valence-corrected chi connectivity index (χ4v) is 7.06. The summed E-state index contributed by atoms with van der Waals surface area (Å²) in [6.07, 6.45) is 35.2. The lowest BCUT2D eigenvalue weighted by molar-refractivity contribution is 0.0767. The van der Waals surface area contributed by atoms with Crippen molar-refractivity contribution in [3.05, 3.63) is 94.2 Å². The van der Waals surface area contributed by atoms with Crippen LogP contribution < -0.4 is 0 Å². The second kappa shape index (κ2) is 16.4. The maximum absolute atomic E-state index is 2.48. The van der Waals surface area contributed by atoms with Gasteiger partial charge in [-0.2, -0.15) is 0 Å². The van der Waals surface area contributed by atoms with E-state index in [0.717, 1.165) is 18.3 Å². The molecule has 0 aliphatic heterocycles. The molecular formula is C40H62. The molecule has 2 aliphatic carbocycles. The largest absolute Gasteiger partial charge is 0.0736 e. The zero-order valence-corrected chi connectivity index (χ0v) is 28.0. The number of hydrogen-bond donors (Lipinski definition) is 0. The van der Waals surface area contributed by atoms with Gasteiger partial charge < -0.3 is 0 Å². The number of rotatable bonds is 12. The first-order valence-corrected chi connectivity index (χ1v) is 16.2. The highest BCUT2D eigenvalue weighted by Crippen LogP contribution is 2.46. The van der Waals surface area contributed by atoms with Gasteiger partial charge in [-0.25, -0.2) is 0 Å². The maximum atomic E-state index is 2.48. The minimum atomic E-state index is 0.382. The van der Waals surface area contributed by atoms with Crippen LogP contribution in [0.15, 0.2) is 94.2 Å². The molecule has 0 amide bonds. The van der Waals surface area contributed by atoms with Gasteiger partial charge in [0.2, 0.25) is 0 Å². The van der Waals surface area contributed by atoms with E-state index in [4.69, 9.17) is 0 Å². The molecule has 40 heavy (non-hydrogen) atoms. The summed E-state index contributed by atoms with van der Waals surface area (Å²) in [5.41, 5.74) is 9.72. The Hall–Kier alpha value is -2.08. The number of allylic oxidation sites excluding steroid dienone is 16. The fraction of sp³-hybridized carbons (Fsp3) is 0.600. The Morgan fingerprint density at radius 3 is 1.88 bits per heavy atom. The minimum absolute atomic E-state index is 0.382. The highest BCUT2D eigenvalue weighted by atomic mass is 14.4. The first-order valence-electron chi connectivity index (χ1n) is 16.2. The molecule has 0 radical (unpaired) electrons. The van der Waals surface area contributed by atoms with E-state index in [1.165, 1.54) is 80.1 Å². The molecule has 0 aromatic carbocycles. The molecule has 0 spiro atoms. The van der Waals surface area contributed by atoms with Gasteiger partial charge in [0.05, 0.1) is 0 Å². The Labute approximate surface area is 249 Å². The molecule has 0 nitrogen and oxygen atoms in total. The summed E-state index contributed by atoms with van der Waals surface area (Å²) < 4.78 is 0. The molecular weight excluding hydrogens is 480 g/mol. The summed E-state index contributed by atoms with van der Waals surface area (Å²) in [5.74, 6) is 1.72. The van der Waals surface area contributed by atoms with Gasteiger partial charge in [-0.15, -0.1) is 0 Å². The molecule has 0 heterocycles.